The van der Waals surface area contributed by atoms with Crippen LogP contribution >= 0.6 is 0 Å². The number of methoxy groups -OCH3 is 1. The second-order valence-electron chi connectivity index (χ2n) is 4.94. The van der Waals surface area contributed by atoms with Crippen molar-refractivity contribution in [3.8, 4) is 12.3 Å². The fraction of sp³-hybridized carbons (Fsp3) is 0.353. The van der Waals surface area contributed by atoms with Gasteiger partial charge in [-0.05, 0) is 5.56 Å². The van der Waals surface area contributed by atoms with Crippen molar-refractivity contribution in [1.82, 2.24) is 10.6 Å². The Morgan fingerprint density at radius 1 is 1.17 bits per heavy atom. The van der Waals surface area contributed by atoms with Gasteiger partial charge in [-0.1, -0.05) is 30.3 Å². The first-order chi connectivity index (χ1) is 11.0. The smallest absolute Gasteiger partial charge is 0.329 e. The quantitative estimate of drug-likeness (QED) is 0.564. The molecule has 0 saturated heterocycles. The lowest BCUT2D eigenvalue weighted by atomic mass is 10.0. The van der Waals surface area contributed by atoms with Gasteiger partial charge >= 0.3 is 5.97 Å². The molecule has 0 saturated carbocycles. The molecule has 2 N–H and O–H groups in total. The molecule has 0 fully saturated rings. The van der Waals surface area contributed by atoms with Gasteiger partial charge in [0.05, 0.1) is 7.11 Å². The molecular formula is C17H20N2O4. The fourth-order valence-electron chi connectivity index (χ4n) is 2.03. The first-order valence-electron chi connectivity index (χ1n) is 7.10. The number of nitrogens with one attached hydrogen (secondary N) is 2. The van der Waals surface area contributed by atoms with Gasteiger partial charge in [-0.3, -0.25) is 9.59 Å². The summed E-state index contributed by atoms with van der Waals surface area (Å²) in [5.74, 6) is 0.856. The highest BCUT2D eigenvalue weighted by Crippen LogP contribution is 2.05. The summed E-state index contributed by atoms with van der Waals surface area (Å²) in [6, 6.07) is 7.49. The molecule has 6 heteroatoms. The number of ether oxygens (including phenoxy) is 1. The highest BCUT2D eigenvalue weighted by molar-refractivity contribution is 5.90. The molecule has 0 aliphatic rings. The third-order valence-corrected chi connectivity index (χ3v) is 3.10. The molecule has 1 rings (SSSR count). The largest absolute Gasteiger partial charge is 0.467 e. The maximum atomic E-state index is 12.4. The van der Waals surface area contributed by atoms with Gasteiger partial charge in [-0.25, -0.2) is 4.79 Å². The molecule has 1 aromatic carbocycles. The minimum Gasteiger partial charge on any atom is -0.467 e. The Labute approximate surface area is 135 Å². The average Bonchev–Trinajstić information content (AvgIpc) is 2.53. The number of hydrogen-bond donors (Lipinski definition) is 2. The summed E-state index contributed by atoms with van der Waals surface area (Å²) < 4.78 is 4.61. The Morgan fingerprint density at radius 2 is 1.83 bits per heavy atom. The Balaban J connectivity index is 2.84. The van der Waals surface area contributed by atoms with Crippen LogP contribution < -0.4 is 10.6 Å². The van der Waals surface area contributed by atoms with E-state index in [0.29, 0.717) is 6.42 Å². The molecule has 2 amide bonds. The molecule has 6 nitrogen and oxygen atoms in total. The van der Waals surface area contributed by atoms with Crippen molar-refractivity contribution in [2.75, 3.05) is 7.11 Å². The topological polar surface area (TPSA) is 84.5 Å². The Kier molecular flexibility index (Phi) is 7.34. The second kappa shape index (κ2) is 9.26. The van der Waals surface area contributed by atoms with Gasteiger partial charge in [0, 0.05) is 19.8 Å². The van der Waals surface area contributed by atoms with Crippen molar-refractivity contribution < 1.29 is 19.1 Å². The third kappa shape index (κ3) is 6.22. The molecule has 0 aromatic heterocycles. The van der Waals surface area contributed by atoms with Crippen molar-refractivity contribution in [2.45, 2.75) is 31.8 Å². The summed E-state index contributed by atoms with van der Waals surface area (Å²) >= 11 is 0. The van der Waals surface area contributed by atoms with Crippen LogP contribution in [0.3, 0.4) is 0 Å². The van der Waals surface area contributed by atoms with Crippen molar-refractivity contribution in [3.05, 3.63) is 35.9 Å². The van der Waals surface area contributed by atoms with Crippen molar-refractivity contribution in [2.24, 2.45) is 0 Å². The van der Waals surface area contributed by atoms with E-state index in [1.807, 2.05) is 30.3 Å². The van der Waals surface area contributed by atoms with E-state index >= 15 is 0 Å². The van der Waals surface area contributed by atoms with Gasteiger partial charge in [0.2, 0.25) is 11.8 Å². The Bertz CT molecular complexity index is 592. The summed E-state index contributed by atoms with van der Waals surface area (Å²) in [7, 11) is 1.22. The molecular weight excluding hydrogens is 296 g/mol. The summed E-state index contributed by atoms with van der Waals surface area (Å²) in [5.41, 5.74) is 0.882. The molecule has 0 heterocycles. The number of rotatable bonds is 7. The molecule has 0 aliphatic carbocycles. The highest BCUT2D eigenvalue weighted by Gasteiger charge is 2.26. The summed E-state index contributed by atoms with van der Waals surface area (Å²) in [5, 5.41) is 5.10. The normalized spacial score (nSPS) is 12.4. The first-order valence-corrected chi connectivity index (χ1v) is 7.10. The molecule has 122 valence electrons. The van der Waals surface area contributed by atoms with Crippen LogP contribution in [-0.4, -0.2) is 37.0 Å². The van der Waals surface area contributed by atoms with Crippen molar-refractivity contribution in [1.29, 1.82) is 0 Å². The summed E-state index contributed by atoms with van der Waals surface area (Å²) in [4.78, 5) is 35.3. The zero-order valence-corrected chi connectivity index (χ0v) is 13.2. The summed E-state index contributed by atoms with van der Waals surface area (Å²) in [6.45, 7) is 1.32. The van der Waals surface area contributed by atoms with E-state index in [9.17, 15) is 14.4 Å². The van der Waals surface area contributed by atoms with E-state index < -0.39 is 24.0 Å². The molecule has 1 aromatic rings. The number of carbonyl (C=O) groups is 3. The molecule has 0 unspecified atom stereocenters. The van der Waals surface area contributed by atoms with Gasteiger partial charge in [0.1, 0.15) is 12.1 Å². The van der Waals surface area contributed by atoms with E-state index in [1.165, 1.54) is 14.0 Å². The lowest BCUT2D eigenvalue weighted by Crippen LogP contribution is -2.52. The zero-order chi connectivity index (χ0) is 17.2. The van der Waals surface area contributed by atoms with Gasteiger partial charge in [-0.2, -0.15) is 0 Å². The Morgan fingerprint density at radius 3 is 2.35 bits per heavy atom. The van der Waals surface area contributed by atoms with Gasteiger partial charge < -0.3 is 15.4 Å². The molecule has 0 aliphatic heterocycles. The SMILES string of the molecule is C#CC[C@@H](NC(=O)[C@H](Cc1ccccc1)NC(C)=O)C(=O)OC. The number of esters is 1. The minimum absolute atomic E-state index is 0.0105. The van der Waals surface area contributed by atoms with Gasteiger partial charge in [0.25, 0.3) is 0 Å². The minimum atomic E-state index is -0.940. The number of carbonyl (C=O) groups excluding carboxylic acids is 3. The lowest BCUT2D eigenvalue weighted by molar-refractivity contribution is -0.145. The van der Waals surface area contributed by atoms with Crippen molar-refractivity contribution in [3.63, 3.8) is 0 Å². The van der Waals surface area contributed by atoms with Crippen LogP contribution in [0.25, 0.3) is 0 Å². The molecule has 0 bridgehead atoms. The lowest BCUT2D eigenvalue weighted by Gasteiger charge is -2.21. The van der Waals surface area contributed by atoms with Gasteiger partial charge in [-0.15, -0.1) is 12.3 Å². The van der Waals surface area contributed by atoms with E-state index in [4.69, 9.17) is 6.42 Å². The fourth-order valence-corrected chi connectivity index (χ4v) is 2.03. The number of amides is 2. The van der Waals surface area contributed by atoms with Crippen LogP contribution in [0, 0.1) is 12.3 Å². The van der Waals surface area contributed by atoms with Crippen molar-refractivity contribution >= 4 is 17.8 Å². The average molecular weight is 316 g/mol. The zero-order valence-electron chi connectivity index (χ0n) is 13.2. The number of hydrogen-bond acceptors (Lipinski definition) is 4. The molecule has 23 heavy (non-hydrogen) atoms. The summed E-state index contributed by atoms with van der Waals surface area (Å²) in [6.07, 6.45) is 5.51. The first kappa shape index (κ1) is 18.2. The Hall–Kier alpha value is -2.81. The molecule has 0 spiro atoms. The molecule has 0 radical (unpaired) electrons. The maximum Gasteiger partial charge on any atom is 0.329 e. The predicted molar refractivity (Wildman–Crippen MR) is 85.1 cm³/mol. The van der Waals surface area contributed by atoms with E-state index in [-0.39, 0.29) is 12.3 Å². The van der Waals surface area contributed by atoms with Crippen LogP contribution in [0.1, 0.15) is 18.9 Å². The van der Waals surface area contributed by atoms with E-state index in [0.717, 1.165) is 5.56 Å². The second-order valence-corrected chi connectivity index (χ2v) is 4.94. The van der Waals surface area contributed by atoms with Crippen LogP contribution in [0.5, 0.6) is 0 Å². The number of benzene rings is 1. The van der Waals surface area contributed by atoms with Crippen LogP contribution in [0.2, 0.25) is 0 Å². The van der Waals surface area contributed by atoms with E-state index in [2.05, 4.69) is 21.3 Å². The monoisotopic (exact) mass is 316 g/mol. The van der Waals surface area contributed by atoms with Gasteiger partial charge in [0.15, 0.2) is 0 Å². The van der Waals surface area contributed by atoms with Crippen LogP contribution in [-0.2, 0) is 25.5 Å². The molecule has 2 atom stereocenters. The van der Waals surface area contributed by atoms with Crippen LogP contribution in [0.4, 0.5) is 0 Å². The van der Waals surface area contributed by atoms with Crippen LogP contribution in [0.15, 0.2) is 30.3 Å². The van der Waals surface area contributed by atoms with E-state index in [1.54, 1.807) is 0 Å². The highest BCUT2D eigenvalue weighted by atomic mass is 16.5. The number of terminal acetylenes is 1. The third-order valence-electron chi connectivity index (χ3n) is 3.10. The predicted octanol–water partition coefficient (Wildman–Crippen LogP) is 0.415. The maximum absolute atomic E-state index is 12.4. The standard InChI is InChI=1S/C17H20N2O4/c1-4-8-14(17(22)23-3)19-16(21)15(18-12(2)20)11-13-9-6-5-7-10-13/h1,5-7,9-10,14-15H,8,11H2,2-3H3,(H,18,20)(H,19,21)/t14-,15+/m1/s1.